The Labute approximate surface area is 101 Å². The van der Waals surface area contributed by atoms with Crippen molar-refractivity contribution < 1.29 is 9.90 Å². The first-order chi connectivity index (χ1) is 8.25. The topological polar surface area (TPSA) is 40.5 Å². The molecule has 3 nitrogen and oxygen atoms in total. The molecule has 1 aromatic rings. The molecule has 1 atom stereocenters. The number of nitrogens with zero attached hydrogens (tertiary/aromatic N) is 1. The quantitative estimate of drug-likeness (QED) is 0.867. The maximum atomic E-state index is 11.3. The van der Waals surface area contributed by atoms with Gasteiger partial charge in [-0.25, -0.2) is 4.79 Å². The molecule has 1 aliphatic heterocycles. The highest BCUT2D eigenvalue weighted by Crippen LogP contribution is 2.36. The summed E-state index contributed by atoms with van der Waals surface area (Å²) in [6.07, 6.45) is 4.13. The molecule has 1 aliphatic carbocycles. The molecule has 0 radical (unpaired) electrons. The summed E-state index contributed by atoms with van der Waals surface area (Å²) in [4.78, 5) is 13.4. The minimum absolute atomic E-state index is 0.328. The van der Waals surface area contributed by atoms with Crippen molar-refractivity contribution in [1.29, 1.82) is 0 Å². The molecule has 0 amide bonds. The van der Waals surface area contributed by atoms with E-state index in [1.165, 1.54) is 18.4 Å². The summed E-state index contributed by atoms with van der Waals surface area (Å²) in [5.74, 6) is 0.0307. The van der Waals surface area contributed by atoms with Crippen LogP contribution >= 0.6 is 0 Å². The van der Waals surface area contributed by atoms with E-state index in [2.05, 4.69) is 17.0 Å². The lowest BCUT2D eigenvalue weighted by Crippen LogP contribution is -2.45. The van der Waals surface area contributed by atoms with E-state index in [1.807, 2.05) is 12.1 Å². The lowest BCUT2D eigenvalue weighted by Gasteiger charge is -2.36. The molecule has 3 rings (SSSR count). The molecule has 3 heteroatoms. The van der Waals surface area contributed by atoms with Crippen LogP contribution in [0.25, 0.3) is 0 Å². The molecule has 1 heterocycles. The number of hydrogen-bond acceptors (Lipinski definition) is 2. The largest absolute Gasteiger partial charge is 0.480 e. The zero-order valence-electron chi connectivity index (χ0n) is 9.80. The molecule has 1 N–H and O–H groups in total. The van der Waals surface area contributed by atoms with Crippen molar-refractivity contribution in [3.05, 3.63) is 29.8 Å². The normalized spacial score (nSPS) is 23.3. The number of aliphatic carboxylic acids is 1. The third-order valence-corrected chi connectivity index (χ3v) is 3.80. The van der Waals surface area contributed by atoms with E-state index in [9.17, 15) is 9.90 Å². The lowest BCUT2D eigenvalue weighted by molar-refractivity contribution is -0.138. The maximum Gasteiger partial charge on any atom is 0.326 e. The summed E-state index contributed by atoms with van der Waals surface area (Å²) in [6, 6.07) is 7.89. The Morgan fingerprint density at radius 1 is 1.29 bits per heavy atom. The molecule has 1 saturated carbocycles. The fraction of sp³-hybridized carbons (Fsp3) is 0.500. The Morgan fingerprint density at radius 2 is 2.06 bits per heavy atom. The summed E-state index contributed by atoms with van der Waals surface area (Å²) in [5, 5.41) is 9.33. The van der Waals surface area contributed by atoms with Crippen molar-refractivity contribution in [2.45, 2.75) is 31.7 Å². The van der Waals surface area contributed by atoms with Crippen LogP contribution in [0.3, 0.4) is 0 Å². The minimum Gasteiger partial charge on any atom is -0.480 e. The average Bonchev–Trinajstić information content (AvgIpc) is 3.13. The van der Waals surface area contributed by atoms with Gasteiger partial charge in [0.05, 0.1) is 0 Å². The van der Waals surface area contributed by atoms with Gasteiger partial charge in [-0.1, -0.05) is 18.2 Å². The number of carboxylic acids is 1. The number of carboxylic acid groups (broad SMARTS) is 1. The van der Waals surface area contributed by atoms with Crippen molar-refractivity contribution in [3.63, 3.8) is 0 Å². The van der Waals surface area contributed by atoms with Crippen molar-refractivity contribution in [3.8, 4) is 0 Å². The highest BCUT2D eigenvalue weighted by molar-refractivity contribution is 5.80. The highest BCUT2D eigenvalue weighted by Gasteiger charge is 2.34. The lowest BCUT2D eigenvalue weighted by atomic mass is 9.95. The SMILES string of the molecule is O=C(O)[C@H]1CCc2ccccc2N1CC1CC1. The van der Waals surface area contributed by atoms with Gasteiger partial charge in [0.15, 0.2) is 0 Å². The van der Waals surface area contributed by atoms with Crippen LogP contribution in [0, 0.1) is 5.92 Å². The fourth-order valence-corrected chi connectivity index (χ4v) is 2.68. The first-order valence-electron chi connectivity index (χ1n) is 6.33. The fourth-order valence-electron chi connectivity index (χ4n) is 2.68. The van der Waals surface area contributed by atoms with Crippen LogP contribution in [0.4, 0.5) is 5.69 Å². The monoisotopic (exact) mass is 231 g/mol. The summed E-state index contributed by atoms with van der Waals surface area (Å²) in [6.45, 7) is 0.911. The van der Waals surface area contributed by atoms with E-state index in [-0.39, 0.29) is 6.04 Å². The van der Waals surface area contributed by atoms with Gasteiger partial charge in [-0.3, -0.25) is 0 Å². The standard InChI is InChI=1S/C14H17NO2/c16-14(17)13-8-7-11-3-1-2-4-12(11)15(13)9-10-5-6-10/h1-4,10,13H,5-9H2,(H,16,17)/t13-/m1/s1. The summed E-state index contributed by atoms with van der Waals surface area (Å²) < 4.78 is 0. The average molecular weight is 231 g/mol. The van der Waals surface area contributed by atoms with Gasteiger partial charge in [0.25, 0.3) is 0 Å². The maximum absolute atomic E-state index is 11.3. The zero-order chi connectivity index (χ0) is 11.8. The first-order valence-corrected chi connectivity index (χ1v) is 6.33. The summed E-state index contributed by atoms with van der Waals surface area (Å²) in [5.41, 5.74) is 2.43. The number of aryl methyl sites for hydroxylation is 1. The van der Waals surface area contributed by atoms with Gasteiger partial charge >= 0.3 is 5.97 Å². The Morgan fingerprint density at radius 3 is 2.76 bits per heavy atom. The molecule has 0 saturated heterocycles. The van der Waals surface area contributed by atoms with Crippen molar-refractivity contribution in [2.75, 3.05) is 11.4 Å². The number of hydrogen-bond donors (Lipinski definition) is 1. The Kier molecular flexibility index (Phi) is 2.54. The van der Waals surface area contributed by atoms with Crippen molar-refractivity contribution in [1.82, 2.24) is 0 Å². The van der Waals surface area contributed by atoms with Gasteiger partial charge in [0.1, 0.15) is 6.04 Å². The number of fused-ring (bicyclic) bond motifs is 1. The number of rotatable bonds is 3. The molecule has 90 valence electrons. The van der Waals surface area contributed by atoms with Gasteiger partial charge in [0.2, 0.25) is 0 Å². The van der Waals surface area contributed by atoms with Crippen LogP contribution < -0.4 is 4.90 Å². The molecule has 0 bridgehead atoms. The molecule has 0 spiro atoms. The first kappa shape index (κ1) is 10.6. The predicted octanol–water partition coefficient (Wildman–Crippen LogP) is 2.30. The summed E-state index contributed by atoms with van der Waals surface area (Å²) in [7, 11) is 0. The van der Waals surface area contributed by atoms with Crippen molar-refractivity contribution in [2.24, 2.45) is 5.92 Å². The molecule has 1 fully saturated rings. The van der Waals surface area contributed by atoms with E-state index in [0.717, 1.165) is 25.1 Å². The number of carbonyl (C=O) groups is 1. The molecular weight excluding hydrogens is 214 g/mol. The van der Waals surface area contributed by atoms with E-state index in [0.29, 0.717) is 5.92 Å². The molecule has 1 aromatic carbocycles. The zero-order valence-corrected chi connectivity index (χ0v) is 9.80. The van der Waals surface area contributed by atoms with Gasteiger partial charge in [-0.05, 0) is 43.2 Å². The smallest absolute Gasteiger partial charge is 0.326 e. The van der Waals surface area contributed by atoms with Crippen LogP contribution in [0.15, 0.2) is 24.3 Å². The van der Waals surface area contributed by atoms with E-state index in [4.69, 9.17) is 0 Å². The Bertz CT molecular complexity index is 440. The second-order valence-corrected chi connectivity index (χ2v) is 5.12. The van der Waals surface area contributed by atoms with E-state index >= 15 is 0 Å². The number of para-hydroxylation sites is 1. The van der Waals surface area contributed by atoms with Crippen LogP contribution in [-0.4, -0.2) is 23.7 Å². The van der Waals surface area contributed by atoms with E-state index < -0.39 is 5.97 Å². The van der Waals surface area contributed by atoms with Gasteiger partial charge in [-0.15, -0.1) is 0 Å². The van der Waals surface area contributed by atoms with Gasteiger partial charge in [-0.2, -0.15) is 0 Å². The van der Waals surface area contributed by atoms with Crippen LogP contribution in [-0.2, 0) is 11.2 Å². The third-order valence-electron chi connectivity index (χ3n) is 3.80. The Balaban J connectivity index is 1.93. The third kappa shape index (κ3) is 2.02. The second-order valence-electron chi connectivity index (χ2n) is 5.12. The summed E-state index contributed by atoms with van der Waals surface area (Å²) >= 11 is 0. The van der Waals surface area contributed by atoms with E-state index in [1.54, 1.807) is 0 Å². The Hall–Kier alpha value is -1.51. The molecular formula is C14H17NO2. The van der Waals surface area contributed by atoms with Crippen LogP contribution in [0.1, 0.15) is 24.8 Å². The second kappa shape index (κ2) is 4.06. The molecule has 0 unspecified atom stereocenters. The highest BCUT2D eigenvalue weighted by atomic mass is 16.4. The molecule has 0 aromatic heterocycles. The van der Waals surface area contributed by atoms with Crippen LogP contribution in [0.2, 0.25) is 0 Å². The van der Waals surface area contributed by atoms with Gasteiger partial charge < -0.3 is 10.0 Å². The molecule has 17 heavy (non-hydrogen) atoms. The van der Waals surface area contributed by atoms with Crippen LogP contribution in [0.5, 0.6) is 0 Å². The molecule has 2 aliphatic rings. The number of anilines is 1. The predicted molar refractivity (Wildman–Crippen MR) is 66.3 cm³/mol. The van der Waals surface area contributed by atoms with Gasteiger partial charge in [0, 0.05) is 12.2 Å². The minimum atomic E-state index is -0.680. The van der Waals surface area contributed by atoms with Crippen molar-refractivity contribution >= 4 is 11.7 Å². The number of benzene rings is 1.